The van der Waals surface area contributed by atoms with Gasteiger partial charge in [-0.25, -0.2) is 8.42 Å². The first kappa shape index (κ1) is 18.4. The smallest absolute Gasteiger partial charge is 0.249 e. The fourth-order valence-corrected chi connectivity index (χ4v) is 5.47. The van der Waals surface area contributed by atoms with Crippen molar-refractivity contribution in [2.75, 3.05) is 32.0 Å². The van der Waals surface area contributed by atoms with Crippen molar-refractivity contribution >= 4 is 21.7 Å². The van der Waals surface area contributed by atoms with Crippen molar-refractivity contribution in [2.45, 2.75) is 36.7 Å². The van der Waals surface area contributed by atoms with Gasteiger partial charge in [0.05, 0.1) is 18.3 Å². The molecule has 1 aromatic carbocycles. The first-order valence-corrected chi connectivity index (χ1v) is 11.0. The molecule has 7 nitrogen and oxygen atoms in total. The number of carbonyl (C=O) groups is 2. The van der Waals surface area contributed by atoms with Crippen LogP contribution >= 0.6 is 0 Å². The lowest BCUT2D eigenvalue weighted by Crippen LogP contribution is -2.55. The van der Waals surface area contributed by atoms with Gasteiger partial charge >= 0.3 is 0 Å². The van der Waals surface area contributed by atoms with Gasteiger partial charge < -0.3 is 14.5 Å². The third-order valence-electron chi connectivity index (χ3n) is 5.58. The van der Waals surface area contributed by atoms with Gasteiger partial charge in [-0.3, -0.25) is 9.59 Å². The van der Waals surface area contributed by atoms with Gasteiger partial charge in [0.2, 0.25) is 11.8 Å². The highest BCUT2D eigenvalue weighted by Gasteiger charge is 2.47. The van der Waals surface area contributed by atoms with Crippen molar-refractivity contribution in [1.82, 2.24) is 9.80 Å². The molecule has 3 aliphatic rings. The number of nitrogens with zero attached hydrogens (tertiary/aromatic N) is 2. The van der Waals surface area contributed by atoms with E-state index in [0.29, 0.717) is 45.4 Å². The highest BCUT2D eigenvalue weighted by molar-refractivity contribution is 7.93. The molecule has 0 aromatic heterocycles. The monoisotopic (exact) mass is 392 g/mol. The first-order valence-electron chi connectivity index (χ1n) is 9.32. The number of hydrogen-bond acceptors (Lipinski definition) is 5. The average Bonchev–Trinajstić information content (AvgIpc) is 3.42. The third-order valence-corrected chi connectivity index (χ3v) is 7.71. The fourth-order valence-electron chi connectivity index (χ4n) is 3.85. The zero-order valence-corrected chi connectivity index (χ0v) is 16.0. The van der Waals surface area contributed by atoms with Crippen LogP contribution in [0.15, 0.2) is 30.3 Å². The van der Waals surface area contributed by atoms with Crippen molar-refractivity contribution < 1.29 is 22.7 Å². The number of likely N-dealkylation sites (tertiary alicyclic amines) is 1. The van der Waals surface area contributed by atoms with E-state index in [1.807, 2.05) is 30.3 Å². The molecule has 8 heteroatoms. The van der Waals surface area contributed by atoms with Crippen LogP contribution < -0.4 is 0 Å². The second kappa shape index (κ2) is 6.91. The molecule has 2 heterocycles. The summed E-state index contributed by atoms with van der Waals surface area (Å²) in [6, 6.07) is 9.76. The van der Waals surface area contributed by atoms with E-state index in [9.17, 15) is 18.0 Å². The molecule has 1 aromatic rings. The van der Waals surface area contributed by atoms with E-state index < -0.39 is 21.2 Å². The molecule has 0 bridgehead atoms. The summed E-state index contributed by atoms with van der Waals surface area (Å²) in [4.78, 5) is 28.1. The summed E-state index contributed by atoms with van der Waals surface area (Å²) in [5.41, 5.74) is 0.450. The molecule has 146 valence electrons. The van der Waals surface area contributed by atoms with E-state index >= 15 is 0 Å². The van der Waals surface area contributed by atoms with Gasteiger partial charge in [0.25, 0.3) is 0 Å². The Bertz CT molecular complexity index is 837. The summed E-state index contributed by atoms with van der Waals surface area (Å²) in [6.07, 6.45) is 1.94. The summed E-state index contributed by atoms with van der Waals surface area (Å²) >= 11 is 0. The van der Waals surface area contributed by atoms with Crippen LogP contribution in [0.5, 0.6) is 0 Å². The lowest BCUT2D eigenvalue weighted by atomic mass is 10.00. The molecule has 4 rings (SSSR count). The van der Waals surface area contributed by atoms with Crippen LogP contribution in [0.4, 0.5) is 0 Å². The molecular formula is C19H24N2O5S. The maximum atomic E-state index is 12.5. The highest BCUT2D eigenvalue weighted by atomic mass is 32.2. The molecule has 1 atom stereocenters. The average molecular weight is 392 g/mol. The molecule has 3 fully saturated rings. The first-order chi connectivity index (χ1) is 12.9. The number of ether oxygens (including phenoxy) is 1. The molecule has 1 unspecified atom stereocenters. The Labute approximate surface area is 159 Å². The van der Waals surface area contributed by atoms with Crippen molar-refractivity contribution in [2.24, 2.45) is 0 Å². The molecule has 27 heavy (non-hydrogen) atoms. The predicted molar refractivity (Wildman–Crippen MR) is 98.5 cm³/mol. The largest absolute Gasteiger partial charge is 0.361 e. The van der Waals surface area contributed by atoms with Gasteiger partial charge in [0, 0.05) is 13.1 Å². The zero-order chi connectivity index (χ0) is 19.1. The van der Waals surface area contributed by atoms with E-state index in [1.54, 1.807) is 9.80 Å². The summed E-state index contributed by atoms with van der Waals surface area (Å²) in [6.45, 7) is 1.72. The predicted octanol–water partition coefficient (Wildman–Crippen LogP) is 0.594. The van der Waals surface area contributed by atoms with Crippen LogP contribution in [0, 0.1) is 0 Å². The van der Waals surface area contributed by atoms with E-state index in [0.717, 1.165) is 5.56 Å². The second-order valence-corrected chi connectivity index (χ2v) is 10.1. The topological polar surface area (TPSA) is 84.0 Å². The molecule has 2 saturated heterocycles. The normalized spacial score (nSPS) is 26.0. The van der Waals surface area contributed by atoms with Crippen molar-refractivity contribution in [1.29, 1.82) is 0 Å². The fraction of sp³-hybridized carbons (Fsp3) is 0.579. The van der Waals surface area contributed by atoms with Gasteiger partial charge in [-0.1, -0.05) is 30.3 Å². The molecule has 1 saturated carbocycles. The number of hydrogen-bond donors (Lipinski definition) is 0. The van der Waals surface area contributed by atoms with Crippen LogP contribution in [-0.4, -0.2) is 72.9 Å². The third kappa shape index (κ3) is 4.01. The second-order valence-electron chi connectivity index (χ2n) is 7.78. The SMILES string of the molecule is O=C(CS(=O)(=O)C1CC1)N1CCC2(C1)CN(Cc1ccccc1)C(=O)CO2. The Morgan fingerprint density at radius 3 is 2.63 bits per heavy atom. The van der Waals surface area contributed by atoms with E-state index in [-0.39, 0.29) is 23.7 Å². The Kier molecular flexibility index (Phi) is 4.71. The molecule has 0 N–H and O–H groups in total. The summed E-state index contributed by atoms with van der Waals surface area (Å²) < 4.78 is 30.0. The summed E-state index contributed by atoms with van der Waals surface area (Å²) in [5, 5.41) is -0.331. The minimum absolute atomic E-state index is 0.00473. The molecular weight excluding hydrogens is 368 g/mol. The zero-order valence-electron chi connectivity index (χ0n) is 15.2. The van der Waals surface area contributed by atoms with Gasteiger partial charge in [-0.15, -0.1) is 0 Å². The Morgan fingerprint density at radius 1 is 1.19 bits per heavy atom. The Balaban J connectivity index is 1.40. The number of rotatable bonds is 5. The van der Waals surface area contributed by atoms with E-state index in [2.05, 4.69) is 0 Å². The van der Waals surface area contributed by atoms with Gasteiger partial charge in [0.15, 0.2) is 9.84 Å². The number of carbonyl (C=O) groups excluding carboxylic acids is 2. The molecule has 2 aliphatic heterocycles. The number of sulfone groups is 1. The Morgan fingerprint density at radius 2 is 1.93 bits per heavy atom. The summed E-state index contributed by atoms with van der Waals surface area (Å²) in [7, 11) is -3.32. The van der Waals surface area contributed by atoms with E-state index in [4.69, 9.17) is 4.74 Å². The van der Waals surface area contributed by atoms with Crippen LogP contribution in [-0.2, 0) is 30.7 Å². The minimum Gasteiger partial charge on any atom is -0.361 e. The van der Waals surface area contributed by atoms with Crippen LogP contribution in [0.1, 0.15) is 24.8 Å². The Hall–Kier alpha value is -1.93. The lowest BCUT2D eigenvalue weighted by Gasteiger charge is -2.40. The molecule has 1 aliphatic carbocycles. The van der Waals surface area contributed by atoms with Crippen LogP contribution in [0.2, 0.25) is 0 Å². The van der Waals surface area contributed by atoms with E-state index in [1.165, 1.54) is 0 Å². The maximum absolute atomic E-state index is 12.5. The minimum atomic E-state index is -3.32. The quantitative estimate of drug-likeness (QED) is 0.733. The molecule has 0 radical (unpaired) electrons. The van der Waals surface area contributed by atoms with Crippen molar-refractivity contribution in [3.63, 3.8) is 0 Å². The lowest BCUT2D eigenvalue weighted by molar-refractivity contribution is -0.163. The number of amides is 2. The highest BCUT2D eigenvalue weighted by Crippen LogP contribution is 2.32. The van der Waals surface area contributed by atoms with Crippen LogP contribution in [0.25, 0.3) is 0 Å². The van der Waals surface area contributed by atoms with Gasteiger partial charge in [-0.2, -0.15) is 0 Å². The molecule has 1 spiro atoms. The number of benzene rings is 1. The maximum Gasteiger partial charge on any atom is 0.249 e. The van der Waals surface area contributed by atoms with Crippen molar-refractivity contribution in [3.05, 3.63) is 35.9 Å². The van der Waals surface area contributed by atoms with Crippen LogP contribution in [0.3, 0.4) is 0 Å². The number of morpholine rings is 1. The van der Waals surface area contributed by atoms with Crippen molar-refractivity contribution in [3.8, 4) is 0 Å². The van der Waals surface area contributed by atoms with Gasteiger partial charge in [0.1, 0.15) is 18.0 Å². The van der Waals surface area contributed by atoms with Gasteiger partial charge in [-0.05, 0) is 24.8 Å². The summed E-state index contributed by atoms with van der Waals surface area (Å²) in [5.74, 6) is -0.833. The molecule has 2 amide bonds. The standard InChI is InChI=1S/C19H24N2O5S/c22-17-11-26-19(14-21(17)10-15-4-2-1-3-5-15)8-9-20(13-19)18(23)12-27(24,25)16-6-7-16/h1-5,16H,6-14H2.